The molecule has 2 saturated heterocycles. The van der Waals surface area contributed by atoms with Crippen LogP contribution in [0.1, 0.15) is 36.8 Å². The second-order valence-electron chi connectivity index (χ2n) is 8.07. The molecule has 4 nitrogen and oxygen atoms in total. The van der Waals surface area contributed by atoms with E-state index in [1.807, 2.05) is 18.2 Å². The lowest BCUT2D eigenvalue weighted by atomic mass is 9.81. The summed E-state index contributed by atoms with van der Waals surface area (Å²) in [7, 11) is 3.32. The molecule has 27 heavy (non-hydrogen) atoms. The van der Waals surface area contributed by atoms with Crippen molar-refractivity contribution in [3.63, 3.8) is 0 Å². The van der Waals surface area contributed by atoms with Crippen LogP contribution in [0.4, 0.5) is 0 Å². The van der Waals surface area contributed by atoms with Gasteiger partial charge in [-0.15, -0.1) is 0 Å². The maximum Gasteiger partial charge on any atom is 0.122 e. The van der Waals surface area contributed by atoms with Gasteiger partial charge in [0.15, 0.2) is 0 Å². The molecular formula is C23H29NO3. The van der Waals surface area contributed by atoms with Crippen molar-refractivity contribution in [1.82, 2.24) is 4.90 Å². The fraction of sp³-hybridized carbons (Fsp3) is 0.478. The summed E-state index contributed by atoms with van der Waals surface area (Å²) in [6, 6.07) is 17.5. The van der Waals surface area contributed by atoms with Gasteiger partial charge < -0.3 is 14.6 Å². The van der Waals surface area contributed by atoms with Gasteiger partial charge in [-0.05, 0) is 48.9 Å². The van der Waals surface area contributed by atoms with Crippen molar-refractivity contribution in [3.05, 3.63) is 59.7 Å². The minimum Gasteiger partial charge on any atom is -0.497 e. The van der Waals surface area contributed by atoms with Crippen molar-refractivity contribution in [3.8, 4) is 11.5 Å². The van der Waals surface area contributed by atoms with E-state index in [1.54, 1.807) is 14.2 Å². The van der Waals surface area contributed by atoms with Gasteiger partial charge in [0.1, 0.15) is 11.5 Å². The molecule has 4 heteroatoms. The molecule has 2 bridgehead atoms. The summed E-state index contributed by atoms with van der Waals surface area (Å²) in [5.41, 5.74) is 1.78. The first-order valence-corrected chi connectivity index (χ1v) is 9.82. The molecule has 0 radical (unpaired) electrons. The molecule has 2 aliphatic heterocycles. The summed E-state index contributed by atoms with van der Waals surface area (Å²) in [5.74, 6) is 1.55. The van der Waals surface area contributed by atoms with E-state index >= 15 is 0 Å². The molecule has 144 valence electrons. The molecule has 2 heterocycles. The molecule has 2 aromatic carbocycles. The average Bonchev–Trinajstić information content (AvgIpc) is 2.92. The highest BCUT2D eigenvalue weighted by molar-refractivity contribution is 5.39. The molecule has 0 spiro atoms. The zero-order valence-corrected chi connectivity index (χ0v) is 16.2. The van der Waals surface area contributed by atoms with Crippen LogP contribution in [0.5, 0.6) is 11.5 Å². The highest BCUT2D eigenvalue weighted by Gasteiger charge is 2.47. The maximum absolute atomic E-state index is 11.4. The van der Waals surface area contributed by atoms with Crippen LogP contribution < -0.4 is 9.47 Å². The van der Waals surface area contributed by atoms with E-state index in [4.69, 9.17) is 9.47 Å². The smallest absolute Gasteiger partial charge is 0.122 e. The first-order chi connectivity index (χ1) is 13.1. The molecule has 0 aliphatic carbocycles. The molecule has 2 unspecified atom stereocenters. The van der Waals surface area contributed by atoms with Gasteiger partial charge >= 0.3 is 0 Å². The summed E-state index contributed by atoms with van der Waals surface area (Å²) >= 11 is 0. The molecule has 2 aliphatic rings. The highest BCUT2D eigenvalue weighted by Crippen LogP contribution is 2.43. The standard InChI is InChI=1S/C23H29NO3/c1-26-21-10-18(11-22(12-21)27-2)13-23(25)14-19-8-9-20(15-23)24(19)16-17-6-4-3-5-7-17/h3-7,10-12,19-20,25H,8-9,13-16H2,1-2H3. The molecule has 1 N–H and O–H groups in total. The number of fused-ring (bicyclic) bond motifs is 2. The Morgan fingerprint density at radius 1 is 0.926 bits per heavy atom. The minimum absolute atomic E-state index is 0.460. The number of benzene rings is 2. The van der Waals surface area contributed by atoms with Crippen LogP contribution in [0.25, 0.3) is 0 Å². The van der Waals surface area contributed by atoms with Gasteiger partial charge in [-0.1, -0.05) is 30.3 Å². The van der Waals surface area contributed by atoms with Crippen molar-refractivity contribution in [1.29, 1.82) is 0 Å². The van der Waals surface area contributed by atoms with Crippen LogP contribution in [0, 0.1) is 0 Å². The Balaban J connectivity index is 1.48. The minimum atomic E-state index is -0.656. The number of rotatable bonds is 6. The lowest BCUT2D eigenvalue weighted by molar-refractivity contribution is -0.0540. The summed E-state index contributed by atoms with van der Waals surface area (Å²) in [6.07, 6.45) is 4.67. The van der Waals surface area contributed by atoms with Crippen LogP contribution in [-0.4, -0.2) is 41.9 Å². The monoisotopic (exact) mass is 367 g/mol. The van der Waals surface area contributed by atoms with E-state index < -0.39 is 5.60 Å². The predicted octanol–water partition coefficient (Wildman–Crippen LogP) is 3.80. The first-order valence-electron chi connectivity index (χ1n) is 9.82. The Hall–Kier alpha value is -2.04. The maximum atomic E-state index is 11.4. The normalized spacial score (nSPS) is 27.5. The summed E-state index contributed by atoms with van der Waals surface area (Å²) < 4.78 is 10.8. The third kappa shape index (κ3) is 3.97. The highest BCUT2D eigenvalue weighted by atomic mass is 16.5. The lowest BCUT2D eigenvalue weighted by Crippen LogP contribution is -2.51. The summed E-state index contributed by atoms with van der Waals surface area (Å²) in [6.45, 7) is 0.985. The summed E-state index contributed by atoms with van der Waals surface area (Å²) in [4.78, 5) is 2.61. The van der Waals surface area contributed by atoms with Gasteiger partial charge in [0.05, 0.1) is 19.8 Å². The van der Waals surface area contributed by atoms with Gasteiger partial charge in [0.2, 0.25) is 0 Å². The first kappa shape index (κ1) is 18.3. The summed E-state index contributed by atoms with van der Waals surface area (Å²) in [5, 5.41) is 11.4. The fourth-order valence-electron chi connectivity index (χ4n) is 4.96. The second kappa shape index (κ2) is 7.53. The van der Waals surface area contributed by atoms with E-state index in [0.717, 1.165) is 36.4 Å². The van der Waals surface area contributed by atoms with E-state index in [0.29, 0.717) is 18.5 Å². The van der Waals surface area contributed by atoms with Crippen LogP contribution in [0.15, 0.2) is 48.5 Å². The zero-order valence-electron chi connectivity index (χ0n) is 16.2. The van der Waals surface area contributed by atoms with Crippen molar-refractivity contribution >= 4 is 0 Å². The number of hydrogen-bond donors (Lipinski definition) is 1. The molecule has 0 saturated carbocycles. The number of nitrogens with zero attached hydrogens (tertiary/aromatic N) is 1. The zero-order chi connectivity index (χ0) is 18.9. The average molecular weight is 367 g/mol. The van der Waals surface area contributed by atoms with Crippen LogP contribution in [-0.2, 0) is 13.0 Å². The second-order valence-corrected chi connectivity index (χ2v) is 8.07. The lowest BCUT2D eigenvalue weighted by Gasteiger charge is -2.44. The largest absolute Gasteiger partial charge is 0.497 e. The van der Waals surface area contributed by atoms with Gasteiger partial charge in [-0.3, -0.25) is 4.90 Å². The molecular weight excluding hydrogens is 338 g/mol. The molecule has 2 atom stereocenters. The molecule has 4 rings (SSSR count). The topological polar surface area (TPSA) is 41.9 Å². The van der Waals surface area contributed by atoms with E-state index in [2.05, 4.69) is 35.2 Å². The predicted molar refractivity (Wildman–Crippen MR) is 106 cm³/mol. The van der Waals surface area contributed by atoms with Crippen molar-refractivity contribution in [2.75, 3.05) is 14.2 Å². The number of hydrogen-bond acceptors (Lipinski definition) is 4. The van der Waals surface area contributed by atoms with Gasteiger partial charge in [0, 0.05) is 31.1 Å². The van der Waals surface area contributed by atoms with Crippen LogP contribution >= 0.6 is 0 Å². The van der Waals surface area contributed by atoms with Gasteiger partial charge in [0.25, 0.3) is 0 Å². The van der Waals surface area contributed by atoms with E-state index in [9.17, 15) is 5.11 Å². The number of aliphatic hydroxyl groups is 1. The fourth-order valence-corrected chi connectivity index (χ4v) is 4.96. The van der Waals surface area contributed by atoms with Crippen molar-refractivity contribution in [2.45, 2.75) is 56.3 Å². The quantitative estimate of drug-likeness (QED) is 0.843. The Labute approximate surface area is 161 Å². The Morgan fingerprint density at radius 2 is 1.52 bits per heavy atom. The van der Waals surface area contributed by atoms with E-state index in [-0.39, 0.29) is 0 Å². The Kier molecular flexibility index (Phi) is 5.11. The molecule has 0 amide bonds. The molecule has 2 fully saturated rings. The van der Waals surface area contributed by atoms with Crippen molar-refractivity contribution < 1.29 is 14.6 Å². The van der Waals surface area contributed by atoms with Crippen molar-refractivity contribution in [2.24, 2.45) is 0 Å². The van der Waals surface area contributed by atoms with E-state index in [1.165, 1.54) is 18.4 Å². The number of ether oxygens (including phenoxy) is 2. The number of methoxy groups -OCH3 is 2. The number of piperidine rings is 1. The van der Waals surface area contributed by atoms with Crippen LogP contribution in [0.2, 0.25) is 0 Å². The Morgan fingerprint density at radius 3 is 2.07 bits per heavy atom. The SMILES string of the molecule is COc1cc(CC2(O)CC3CCC(C2)N3Cc2ccccc2)cc(OC)c1. The third-order valence-electron chi connectivity index (χ3n) is 6.15. The van der Waals surface area contributed by atoms with Crippen LogP contribution in [0.3, 0.4) is 0 Å². The Bertz CT molecular complexity index is 740. The molecule has 2 aromatic rings. The third-order valence-corrected chi connectivity index (χ3v) is 6.15. The van der Waals surface area contributed by atoms with Gasteiger partial charge in [-0.2, -0.15) is 0 Å². The van der Waals surface area contributed by atoms with Gasteiger partial charge in [-0.25, -0.2) is 0 Å². The molecule has 0 aromatic heterocycles.